The van der Waals surface area contributed by atoms with E-state index in [1.807, 2.05) is 42.8 Å². The van der Waals surface area contributed by atoms with Gasteiger partial charge in [-0.2, -0.15) is 0 Å². The Hall–Kier alpha value is -1.07. The van der Waals surface area contributed by atoms with Crippen LogP contribution in [0.3, 0.4) is 0 Å². The average molecular weight is 249 g/mol. The largest absolute Gasteiger partial charge is 0.212 e. The minimum absolute atomic E-state index is 0.712. The van der Waals surface area contributed by atoms with Crippen LogP contribution in [-0.4, -0.2) is 27.7 Å². The topological polar surface area (TPSA) is 38.7 Å². The lowest BCUT2D eigenvalue weighted by Crippen LogP contribution is -1.96. The molecular weight excluding hydrogens is 238 g/mol. The summed E-state index contributed by atoms with van der Waals surface area (Å²) < 4.78 is 0. The van der Waals surface area contributed by atoms with Crippen molar-refractivity contribution in [1.82, 2.24) is 15.2 Å². The third-order valence-corrected chi connectivity index (χ3v) is 3.27. The third kappa shape index (κ3) is 2.36. The zero-order chi connectivity index (χ0) is 11.4. The molecule has 2 rings (SSSR count). The first-order valence-electron chi connectivity index (χ1n) is 4.73. The van der Waals surface area contributed by atoms with Gasteiger partial charge in [-0.1, -0.05) is 42.1 Å². The molecule has 0 aliphatic carbocycles. The van der Waals surface area contributed by atoms with Gasteiger partial charge in [0.1, 0.15) is 10.7 Å². The molecule has 5 heteroatoms. The first kappa shape index (κ1) is 11.4. The maximum Gasteiger partial charge on any atom is 0.209 e. The molecule has 0 unspecified atom stereocenters. The molecule has 0 amide bonds. The van der Waals surface area contributed by atoms with Crippen molar-refractivity contribution in [3.63, 3.8) is 0 Å². The summed E-state index contributed by atoms with van der Waals surface area (Å²) >= 11 is 3.10. The maximum atomic E-state index is 4.44. The van der Waals surface area contributed by atoms with E-state index in [0.29, 0.717) is 5.16 Å². The molecule has 3 nitrogen and oxygen atoms in total. The predicted octanol–water partition coefficient (Wildman–Crippen LogP) is 2.98. The van der Waals surface area contributed by atoms with Crippen molar-refractivity contribution in [1.29, 1.82) is 0 Å². The number of thioether (sulfide) groups is 2. The smallest absolute Gasteiger partial charge is 0.209 e. The Bertz CT molecular complexity index is 474. The van der Waals surface area contributed by atoms with Crippen molar-refractivity contribution in [2.24, 2.45) is 0 Å². The number of hydrogen-bond acceptors (Lipinski definition) is 5. The third-order valence-electron chi connectivity index (χ3n) is 2.06. The van der Waals surface area contributed by atoms with Gasteiger partial charge in [-0.25, -0.2) is 4.98 Å². The number of rotatable bonds is 3. The molecule has 0 saturated heterocycles. The van der Waals surface area contributed by atoms with Crippen LogP contribution in [0, 0.1) is 0 Å². The van der Waals surface area contributed by atoms with E-state index in [1.165, 1.54) is 11.8 Å². The van der Waals surface area contributed by atoms with E-state index in [0.717, 1.165) is 16.3 Å². The van der Waals surface area contributed by atoms with Crippen molar-refractivity contribution >= 4 is 23.5 Å². The monoisotopic (exact) mass is 249 g/mol. The Kier molecular flexibility index (Phi) is 3.79. The van der Waals surface area contributed by atoms with Crippen molar-refractivity contribution in [3.8, 4) is 11.3 Å². The van der Waals surface area contributed by atoms with Gasteiger partial charge in [0.25, 0.3) is 0 Å². The van der Waals surface area contributed by atoms with E-state index in [2.05, 4.69) is 15.2 Å². The fraction of sp³-hybridized carbons (Fsp3) is 0.182. The second-order valence-electron chi connectivity index (χ2n) is 3.02. The van der Waals surface area contributed by atoms with Crippen LogP contribution in [0.4, 0.5) is 0 Å². The van der Waals surface area contributed by atoms with Crippen LogP contribution < -0.4 is 0 Å². The molecule has 16 heavy (non-hydrogen) atoms. The van der Waals surface area contributed by atoms with E-state index < -0.39 is 0 Å². The van der Waals surface area contributed by atoms with Crippen molar-refractivity contribution in [2.45, 2.75) is 10.2 Å². The van der Waals surface area contributed by atoms with Gasteiger partial charge in [-0.3, -0.25) is 0 Å². The van der Waals surface area contributed by atoms with E-state index in [4.69, 9.17) is 0 Å². The molecule has 0 aliphatic rings. The highest BCUT2D eigenvalue weighted by molar-refractivity contribution is 7.99. The van der Waals surface area contributed by atoms with E-state index in [-0.39, 0.29) is 0 Å². The zero-order valence-corrected chi connectivity index (χ0v) is 10.7. The molecule has 0 atom stereocenters. The standard InChI is InChI=1S/C11H11N3S2/c1-15-10-9(8-6-4-3-5-7-8)13-14-11(12-10)16-2/h3-7H,1-2H3. The van der Waals surface area contributed by atoms with Crippen molar-refractivity contribution in [2.75, 3.05) is 12.5 Å². The number of hydrogen-bond donors (Lipinski definition) is 0. The van der Waals surface area contributed by atoms with Crippen LogP contribution in [0.1, 0.15) is 0 Å². The molecule has 1 aromatic heterocycles. The molecule has 2 aromatic rings. The summed E-state index contributed by atoms with van der Waals surface area (Å²) in [7, 11) is 0. The van der Waals surface area contributed by atoms with E-state index in [1.54, 1.807) is 11.8 Å². The predicted molar refractivity (Wildman–Crippen MR) is 68.8 cm³/mol. The van der Waals surface area contributed by atoms with Gasteiger partial charge in [0, 0.05) is 5.56 Å². The van der Waals surface area contributed by atoms with Crippen LogP contribution in [0.25, 0.3) is 11.3 Å². The Morgan fingerprint density at radius 1 is 0.938 bits per heavy atom. The quantitative estimate of drug-likeness (QED) is 0.782. The molecule has 0 N–H and O–H groups in total. The lowest BCUT2D eigenvalue weighted by Gasteiger charge is -2.05. The van der Waals surface area contributed by atoms with Crippen LogP contribution in [0.15, 0.2) is 40.5 Å². The summed E-state index contributed by atoms with van der Waals surface area (Å²) in [6.07, 6.45) is 3.95. The summed E-state index contributed by atoms with van der Waals surface area (Å²) in [6.45, 7) is 0. The molecule has 0 radical (unpaired) electrons. The highest BCUT2D eigenvalue weighted by Gasteiger charge is 2.09. The van der Waals surface area contributed by atoms with Crippen LogP contribution in [-0.2, 0) is 0 Å². The molecule has 0 aliphatic heterocycles. The summed E-state index contributed by atoms with van der Waals surface area (Å²) in [5.41, 5.74) is 1.91. The molecule has 0 bridgehead atoms. The molecule has 0 fully saturated rings. The summed E-state index contributed by atoms with van der Waals surface area (Å²) in [5.74, 6) is 0. The Labute approximate surface area is 103 Å². The van der Waals surface area contributed by atoms with Gasteiger partial charge >= 0.3 is 0 Å². The number of nitrogens with zero attached hydrogens (tertiary/aromatic N) is 3. The Balaban J connectivity index is 2.49. The first-order valence-corrected chi connectivity index (χ1v) is 7.18. The lowest BCUT2D eigenvalue weighted by atomic mass is 10.2. The first-order chi connectivity index (χ1) is 7.85. The van der Waals surface area contributed by atoms with E-state index >= 15 is 0 Å². The SMILES string of the molecule is CSc1nnc(-c2ccccc2)c(SC)n1. The molecule has 0 spiro atoms. The average Bonchev–Trinajstić information content (AvgIpc) is 2.39. The van der Waals surface area contributed by atoms with Gasteiger partial charge in [0.05, 0.1) is 0 Å². The van der Waals surface area contributed by atoms with E-state index in [9.17, 15) is 0 Å². The Morgan fingerprint density at radius 3 is 2.31 bits per heavy atom. The minimum atomic E-state index is 0.712. The second-order valence-corrected chi connectivity index (χ2v) is 4.59. The van der Waals surface area contributed by atoms with Crippen LogP contribution in [0.2, 0.25) is 0 Å². The normalized spacial score (nSPS) is 10.4. The fourth-order valence-electron chi connectivity index (χ4n) is 1.30. The fourth-order valence-corrected chi connectivity index (χ4v) is 2.20. The zero-order valence-electron chi connectivity index (χ0n) is 9.04. The number of aromatic nitrogens is 3. The molecule has 82 valence electrons. The summed E-state index contributed by atoms with van der Waals surface area (Å²) in [5, 5.41) is 9.94. The Morgan fingerprint density at radius 2 is 1.69 bits per heavy atom. The van der Waals surface area contributed by atoms with Gasteiger partial charge in [0.15, 0.2) is 0 Å². The summed E-state index contributed by atoms with van der Waals surface area (Å²) in [6, 6.07) is 10.0. The molecule has 0 saturated carbocycles. The molecular formula is C11H11N3S2. The highest BCUT2D eigenvalue weighted by atomic mass is 32.2. The second kappa shape index (κ2) is 5.32. The maximum absolute atomic E-state index is 4.44. The highest BCUT2D eigenvalue weighted by Crippen LogP contribution is 2.26. The van der Waals surface area contributed by atoms with Crippen LogP contribution in [0.5, 0.6) is 0 Å². The van der Waals surface area contributed by atoms with Gasteiger partial charge in [-0.15, -0.1) is 22.0 Å². The molecule has 1 heterocycles. The van der Waals surface area contributed by atoms with Crippen LogP contribution >= 0.6 is 23.5 Å². The van der Waals surface area contributed by atoms with Gasteiger partial charge < -0.3 is 0 Å². The minimum Gasteiger partial charge on any atom is -0.212 e. The summed E-state index contributed by atoms with van der Waals surface area (Å²) in [4.78, 5) is 4.44. The molecule has 1 aromatic carbocycles. The number of benzene rings is 1. The van der Waals surface area contributed by atoms with Gasteiger partial charge in [0.2, 0.25) is 5.16 Å². The van der Waals surface area contributed by atoms with Crippen molar-refractivity contribution in [3.05, 3.63) is 30.3 Å². The van der Waals surface area contributed by atoms with Crippen molar-refractivity contribution < 1.29 is 0 Å². The van der Waals surface area contributed by atoms with Gasteiger partial charge in [-0.05, 0) is 12.5 Å². The lowest BCUT2D eigenvalue weighted by molar-refractivity contribution is 0.794.